The Morgan fingerprint density at radius 3 is 2.66 bits per heavy atom. The summed E-state index contributed by atoms with van der Waals surface area (Å²) in [7, 11) is 3.18. The van der Waals surface area contributed by atoms with Crippen molar-refractivity contribution < 1.29 is 28.1 Å². The van der Waals surface area contributed by atoms with Gasteiger partial charge in [0.05, 0.1) is 24.6 Å². The molecule has 1 fully saturated rings. The van der Waals surface area contributed by atoms with Gasteiger partial charge in [-0.2, -0.15) is 0 Å². The topological polar surface area (TPSA) is 62.2 Å². The Morgan fingerprint density at radius 1 is 1.11 bits per heavy atom. The number of piperidine rings is 1. The summed E-state index contributed by atoms with van der Waals surface area (Å²) >= 11 is 0. The van der Waals surface area contributed by atoms with Gasteiger partial charge in [-0.1, -0.05) is 0 Å². The van der Waals surface area contributed by atoms with Crippen LogP contribution in [0.2, 0.25) is 0 Å². The van der Waals surface area contributed by atoms with Crippen LogP contribution in [0.4, 0.5) is 4.39 Å². The third kappa shape index (κ3) is 4.23. The average Bonchev–Trinajstić information content (AvgIpc) is 3.38. The average molecular weight is 481 g/mol. The van der Waals surface area contributed by atoms with Crippen molar-refractivity contribution in [3.05, 3.63) is 71.8 Å². The monoisotopic (exact) mass is 480 g/mol. The van der Waals surface area contributed by atoms with Crippen molar-refractivity contribution in [2.24, 2.45) is 0 Å². The molecule has 1 aromatic heterocycles. The van der Waals surface area contributed by atoms with Gasteiger partial charge in [0, 0.05) is 50.9 Å². The van der Waals surface area contributed by atoms with Crippen molar-refractivity contribution in [3.8, 4) is 22.9 Å². The summed E-state index contributed by atoms with van der Waals surface area (Å²) in [4.78, 5) is 15.1. The zero-order valence-electron chi connectivity index (χ0n) is 20.1. The third-order valence-corrected chi connectivity index (χ3v) is 6.85. The van der Waals surface area contributed by atoms with Gasteiger partial charge in [0.15, 0.2) is 17.1 Å². The van der Waals surface area contributed by atoms with E-state index in [9.17, 15) is 9.18 Å². The van der Waals surface area contributed by atoms with E-state index in [1.54, 1.807) is 38.5 Å². The van der Waals surface area contributed by atoms with Crippen LogP contribution in [-0.2, 0) is 10.3 Å². The first kappa shape index (κ1) is 23.2. The summed E-state index contributed by atoms with van der Waals surface area (Å²) in [5, 5.41) is 0. The molecule has 3 heterocycles. The highest BCUT2D eigenvalue weighted by Gasteiger charge is 2.44. The van der Waals surface area contributed by atoms with Crippen molar-refractivity contribution >= 4 is 5.91 Å². The molecule has 0 N–H and O–H groups in total. The van der Waals surface area contributed by atoms with Crippen LogP contribution in [-0.4, -0.2) is 55.4 Å². The number of likely N-dealkylation sites (tertiary alicyclic amines) is 1. The first-order valence-corrected chi connectivity index (χ1v) is 11.7. The lowest BCUT2D eigenvalue weighted by Crippen LogP contribution is -2.50. The van der Waals surface area contributed by atoms with E-state index in [0.29, 0.717) is 55.4 Å². The zero-order valence-corrected chi connectivity index (χ0v) is 20.1. The number of carbonyl (C=O) groups is 1. The number of benzene rings is 2. The molecule has 35 heavy (non-hydrogen) atoms. The molecule has 0 bridgehead atoms. The minimum Gasteiger partial charge on any atom is -0.493 e. The van der Waals surface area contributed by atoms with Crippen molar-refractivity contribution in [2.45, 2.75) is 31.5 Å². The van der Waals surface area contributed by atoms with Crippen LogP contribution in [0.25, 0.3) is 5.69 Å². The van der Waals surface area contributed by atoms with Crippen molar-refractivity contribution in [1.29, 1.82) is 0 Å². The maximum Gasteiger partial charge on any atom is 0.253 e. The Kier molecular flexibility index (Phi) is 6.15. The molecule has 0 saturated carbocycles. The summed E-state index contributed by atoms with van der Waals surface area (Å²) in [5.74, 6) is 1.18. The van der Waals surface area contributed by atoms with E-state index in [4.69, 9.17) is 18.9 Å². The fourth-order valence-corrected chi connectivity index (χ4v) is 4.80. The largest absolute Gasteiger partial charge is 0.493 e. The number of fused-ring (bicyclic) bond motifs is 4. The summed E-state index contributed by atoms with van der Waals surface area (Å²) in [6.45, 7) is 3.32. The molecular formula is C27H29FN2O5. The molecule has 1 amide bonds. The first-order chi connectivity index (χ1) is 16.9. The predicted octanol–water partition coefficient (Wildman–Crippen LogP) is 4.56. The number of ether oxygens (including phenoxy) is 4. The van der Waals surface area contributed by atoms with Gasteiger partial charge in [0.1, 0.15) is 18.2 Å². The highest BCUT2D eigenvalue weighted by atomic mass is 19.1. The Balaban J connectivity index is 1.32. The summed E-state index contributed by atoms with van der Waals surface area (Å²) < 4.78 is 38.9. The minimum absolute atomic E-state index is 0.0618. The van der Waals surface area contributed by atoms with Gasteiger partial charge in [-0.15, -0.1) is 0 Å². The molecule has 1 atom stereocenters. The second-order valence-corrected chi connectivity index (χ2v) is 8.99. The van der Waals surface area contributed by atoms with Crippen molar-refractivity contribution in [1.82, 2.24) is 9.47 Å². The van der Waals surface area contributed by atoms with Crippen LogP contribution >= 0.6 is 0 Å². The lowest BCUT2D eigenvalue weighted by atomic mass is 9.86. The molecular weight excluding hydrogens is 451 g/mol. The van der Waals surface area contributed by atoms with Gasteiger partial charge in [0.25, 0.3) is 5.91 Å². The second kappa shape index (κ2) is 9.26. The molecule has 3 aromatic rings. The molecule has 5 rings (SSSR count). The lowest BCUT2D eigenvalue weighted by Gasteiger charge is -2.45. The van der Waals surface area contributed by atoms with Gasteiger partial charge < -0.3 is 28.4 Å². The second-order valence-electron chi connectivity index (χ2n) is 8.99. The minimum atomic E-state index is -0.603. The highest BCUT2D eigenvalue weighted by molar-refractivity contribution is 5.95. The van der Waals surface area contributed by atoms with Crippen LogP contribution in [0.3, 0.4) is 0 Å². The molecule has 2 aromatic carbocycles. The van der Waals surface area contributed by atoms with Crippen LogP contribution < -0.4 is 14.2 Å². The summed E-state index contributed by atoms with van der Waals surface area (Å²) in [5.41, 5.74) is 1.78. The quantitative estimate of drug-likeness (QED) is 0.518. The number of methoxy groups -OCH3 is 2. The van der Waals surface area contributed by atoms with Crippen LogP contribution in [0.1, 0.15) is 35.8 Å². The third-order valence-electron chi connectivity index (χ3n) is 6.85. The maximum absolute atomic E-state index is 13.9. The Morgan fingerprint density at radius 2 is 1.91 bits per heavy atom. The fraction of sp³-hybridized carbons (Fsp3) is 0.370. The standard InChI is InChI=1S/C27H29FN2O5/c1-18(32-2)17-34-22-9-6-19(15-24(22)33-3)26(31)29-13-10-27(11-14-29)25-5-4-12-30(25)21-8-7-20(28)16-23(21)35-27/h4-9,12,15-16,18H,10-11,13-14,17H2,1-3H3/t18-/m1/s1. The smallest absolute Gasteiger partial charge is 0.253 e. The van der Waals surface area contributed by atoms with Gasteiger partial charge in [0.2, 0.25) is 0 Å². The number of halogens is 1. The number of hydrogen-bond donors (Lipinski definition) is 0. The summed E-state index contributed by atoms with van der Waals surface area (Å²) in [6, 6.07) is 13.8. The molecule has 0 aliphatic carbocycles. The van der Waals surface area contributed by atoms with Crippen LogP contribution in [0.15, 0.2) is 54.7 Å². The van der Waals surface area contributed by atoms with Gasteiger partial charge >= 0.3 is 0 Å². The Hall–Kier alpha value is -3.52. The molecule has 8 heteroatoms. The van der Waals surface area contributed by atoms with Gasteiger partial charge in [-0.3, -0.25) is 4.79 Å². The Bertz CT molecular complexity index is 1230. The highest BCUT2D eigenvalue weighted by Crippen LogP contribution is 2.45. The fourth-order valence-electron chi connectivity index (χ4n) is 4.80. The maximum atomic E-state index is 13.9. The van der Waals surface area contributed by atoms with Gasteiger partial charge in [-0.25, -0.2) is 4.39 Å². The first-order valence-electron chi connectivity index (χ1n) is 11.7. The molecule has 2 aliphatic heterocycles. The lowest BCUT2D eigenvalue weighted by molar-refractivity contribution is -0.00951. The zero-order chi connectivity index (χ0) is 24.6. The number of hydrogen-bond acceptors (Lipinski definition) is 5. The summed E-state index contributed by atoms with van der Waals surface area (Å²) in [6.07, 6.45) is 3.11. The van der Waals surface area contributed by atoms with Crippen molar-refractivity contribution in [2.75, 3.05) is 33.9 Å². The molecule has 0 unspecified atom stereocenters. The van der Waals surface area contributed by atoms with E-state index < -0.39 is 5.60 Å². The van der Waals surface area contributed by atoms with E-state index in [2.05, 4.69) is 4.57 Å². The van der Waals surface area contributed by atoms with E-state index in [1.165, 1.54) is 12.1 Å². The van der Waals surface area contributed by atoms with E-state index in [1.807, 2.05) is 30.2 Å². The number of nitrogens with zero attached hydrogens (tertiary/aromatic N) is 2. The van der Waals surface area contributed by atoms with E-state index in [0.717, 1.165) is 11.4 Å². The van der Waals surface area contributed by atoms with E-state index >= 15 is 0 Å². The van der Waals surface area contributed by atoms with E-state index in [-0.39, 0.29) is 17.8 Å². The molecule has 2 aliphatic rings. The number of aromatic nitrogens is 1. The number of rotatable bonds is 6. The molecule has 7 nitrogen and oxygen atoms in total. The van der Waals surface area contributed by atoms with Crippen LogP contribution in [0.5, 0.6) is 17.2 Å². The SMILES string of the molecule is COc1cc(C(=O)N2CCC3(CC2)Oc2cc(F)ccc2-n2cccc23)ccc1OC[C@@H](C)OC. The normalized spacial score (nSPS) is 16.7. The Labute approximate surface area is 204 Å². The van der Waals surface area contributed by atoms with Crippen LogP contribution in [0, 0.1) is 5.82 Å². The number of amides is 1. The molecule has 184 valence electrons. The number of carbonyl (C=O) groups excluding carboxylic acids is 1. The molecule has 0 radical (unpaired) electrons. The predicted molar refractivity (Wildman–Crippen MR) is 128 cm³/mol. The van der Waals surface area contributed by atoms with Gasteiger partial charge in [-0.05, 0) is 49.4 Å². The van der Waals surface area contributed by atoms with Crippen molar-refractivity contribution in [3.63, 3.8) is 0 Å². The molecule has 1 spiro atoms. The molecule has 1 saturated heterocycles.